The smallest absolute Gasteiger partial charge is 0.229 e. The topological polar surface area (TPSA) is 56.5 Å². The maximum absolute atomic E-state index is 9.33. The minimum absolute atomic E-state index is 0.00930. The van der Waals surface area contributed by atoms with Crippen LogP contribution >= 0.6 is 0 Å². The summed E-state index contributed by atoms with van der Waals surface area (Å²) in [5.74, 6) is 2.08. The fraction of sp³-hybridized carbons (Fsp3) is 0.250. The molecule has 0 radical (unpaired) electrons. The van der Waals surface area contributed by atoms with E-state index in [9.17, 15) is 5.11 Å². The van der Waals surface area contributed by atoms with Crippen LogP contribution in [0.5, 0.6) is 17.4 Å². The van der Waals surface area contributed by atoms with Crippen LogP contribution in [0.4, 0.5) is 0 Å². The first-order valence-corrected chi connectivity index (χ1v) is 5.35. The Labute approximate surface area is 98.2 Å². The Kier molecular flexibility index (Phi) is 2.18. The van der Waals surface area contributed by atoms with Gasteiger partial charge in [0.2, 0.25) is 5.88 Å². The van der Waals surface area contributed by atoms with E-state index in [1.54, 1.807) is 10.8 Å². The van der Waals surface area contributed by atoms with Crippen molar-refractivity contribution in [1.82, 2.24) is 9.55 Å². The summed E-state index contributed by atoms with van der Waals surface area (Å²) in [6.07, 6.45) is 1.25. The third-order valence-corrected chi connectivity index (χ3v) is 2.70. The van der Waals surface area contributed by atoms with Crippen LogP contribution in [0.25, 0.3) is 0 Å². The highest BCUT2D eigenvalue weighted by molar-refractivity contribution is 5.41. The molecule has 2 heterocycles. The molecule has 1 unspecified atom stereocenters. The molecule has 3 rings (SSSR count). The Balaban J connectivity index is 1.92. The van der Waals surface area contributed by atoms with Crippen molar-refractivity contribution < 1.29 is 14.6 Å². The van der Waals surface area contributed by atoms with E-state index in [0.717, 1.165) is 5.75 Å². The first-order valence-electron chi connectivity index (χ1n) is 5.35. The monoisotopic (exact) mass is 232 g/mol. The molecule has 5 nitrogen and oxygen atoms in total. The van der Waals surface area contributed by atoms with E-state index in [1.807, 2.05) is 31.3 Å². The Hall–Kier alpha value is -2.17. The van der Waals surface area contributed by atoms with Gasteiger partial charge in [-0.3, -0.25) is 0 Å². The Morgan fingerprint density at radius 1 is 1.35 bits per heavy atom. The summed E-state index contributed by atoms with van der Waals surface area (Å²) in [7, 11) is 1.81. The number of aromatic hydroxyl groups is 1. The number of ether oxygens (including phenoxy) is 2. The number of hydrogen-bond donors (Lipinski definition) is 1. The van der Waals surface area contributed by atoms with Gasteiger partial charge < -0.3 is 19.1 Å². The normalized spacial score (nSPS) is 18.1. The fourth-order valence-electron chi connectivity index (χ4n) is 1.91. The zero-order chi connectivity index (χ0) is 11.8. The molecule has 1 aliphatic heterocycles. The van der Waals surface area contributed by atoms with Crippen LogP contribution in [-0.4, -0.2) is 21.3 Å². The van der Waals surface area contributed by atoms with Gasteiger partial charge in [-0.05, 0) is 12.1 Å². The third-order valence-electron chi connectivity index (χ3n) is 2.70. The molecule has 0 fully saturated rings. The van der Waals surface area contributed by atoms with Gasteiger partial charge in [-0.15, -0.1) is 0 Å². The van der Waals surface area contributed by atoms with Gasteiger partial charge in [0.25, 0.3) is 0 Å². The SMILES string of the molecule is Cn1cc(O)nc1C1COc2ccccc2O1. The number of nitrogens with zero attached hydrogens (tertiary/aromatic N) is 2. The molecule has 0 aliphatic carbocycles. The number of hydrogen-bond acceptors (Lipinski definition) is 4. The third kappa shape index (κ3) is 1.69. The van der Waals surface area contributed by atoms with Crippen LogP contribution in [0.1, 0.15) is 11.9 Å². The largest absolute Gasteiger partial charge is 0.492 e. The summed E-state index contributed by atoms with van der Waals surface area (Å²) < 4.78 is 13.1. The first-order chi connectivity index (χ1) is 8.24. The van der Waals surface area contributed by atoms with Crippen molar-refractivity contribution in [3.05, 3.63) is 36.3 Å². The van der Waals surface area contributed by atoms with Gasteiger partial charge in [-0.25, -0.2) is 0 Å². The molecule has 1 aliphatic rings. The lowest BCUT2D eigenvalue weighted by atomic mass is 10.2. The van der Waals surface area contributed by atoms with E-state index < -0.39 is 0 Å². The second-order valence-electron chi connectivity index (χ2n) is 3.93. The number of para-hydroxylation sites is 2. The average molecular weight is 232 g/mol. The van der Waals surface area contributed by atoms with Crippen molar-refractivity contribution in [2.75, 3.05) is 6.61 Å². The maximum atomic E-state index is 9.33. The number of imidazole rings is 1. The lowest BCUT2D eigenvalue weighted by Crippen LogP contribution is -2.24. The maximum Gasteiger partial charge on any atom is 0.229 e. The van der Waals surface area contributed by atoms with Gasteiger partial charge in [0.05, 0.1) is 6.20 Å². The molecule has 1 atom stereocenters. The van der Waals surface area contributed by atoms with E-state index in [-0.39, 0.29) is 12.0 Å². The highest BCUT2D eigenvalue weighted by Gasteiger charge is 2.26. The standard InChI is InChI=1S/C12H12N2O3/c1-14-6-11(15)13-12(14)10-7-16-8-4-2-3-5-9(8)17-10/h2-6,10,15H,7H2,1H3. The molecule has 88 valence electrons. The molecule has 5 heteroatoms. The lowest BCUT2D eigenvalue weighted by Gasteiger charge is -2.25. The molecular weight excluding hydrogens is 220 g/mol. The number of benzene rings is 1. The van der Waals surface area contributed by atoms with Crippen molar-refractivity contribution in [1.29, 1.82) is 0 Å². The summed E-state index contributed by atoms with van der Waals surface area (Å²) in [6, 6.07) is 7.50. The molecule has 0 amide bonds. The Morgan fingerprint density at radius 2 is 2.12 bits per heavy atom. The minimum Gasteiger partial charge on any atom is -0.492 e. The van der Waals surface area contributed by atoms with Crippen molar-refractivity contribution in [2.45, 2.75) is 6.10 Å². The van der Waals surface area contributed by atoms with E-state index in [4.69, 9.17) is 9.47 Å². The van der Waals surface area contributed by atoms with Crippen molar-refractivity contribution in [3.8, 4) is 17.4 Å². The summed E-state index contributed by atoms with van der Waals surface area (Å²) >= 11 is 0. The Bertz CT molecular complexity index is 550. The predicted octanol–water partition coefficient (Wildman–Crippen LogP) is 1.64. The van der Waals surface area contributed by atoms with E-state index in [0.29, 0.717) is 18.2 Å². The van der Waals surface area contributed by atoms with E-state index in [2.05, 4.69) is 4.98 Å². The summed E-state index contributed by atoms with van der Waals surface area (Å²) in [5.41, 5.74) is 0. The van der Waals surface area contributed by atoms with E-state index in [1.165, 1.54) is 0 Å². The van der Waals surface area contributed by atoms with Gasteiger partial charge in [0.15, 0.2) is 23.4 Å². The molecule has 0 saturated heterocycles. The van der Waals surface area contributed by atoms with Gasteiger partial charge in [-0.1, -0.05) is 12.1 Å². The fourth-order valence-corrected chi connectivity index (χ4v) is 1.91. The zero-order valence-corrected chi connectivity index (χ0v) is 9.33. The van der Waals surface area contributed by atoms with Crippen LogP contribution in [0.3, 0.4) is 0 Å². The number of aromatic nitrogens is 2. The van der Waals surface area contributed by atoms with Crippen LogP contribution in [0, 0.1) is 0 Å². The second kappa shape index (κ2) is 3.69. The number of aryl methyl sites for hydroxylation is 1. The second-order valence-corrected chi connectivity index (χ2v) is 3.93. The quantitative estimate of drug-likeness (QED) is 0.812. The van der Waals surface area contributed by atoms with Crippen LogP contribution < -0.4 is 9.47 Å². The van der Waals surface area contributed by atoms with Crippen molar-refractivity contribution >= 4 is 0 Å². The average Bonchev–Trinajstić information content (AvgIpc) is 2.68. The highest BCUT2D eigenvalue weighted by atomic mass is 16.6. The van der Waals surface area contributed by atoms with Crippen molar-refractivity contribution in [2.24, 2.45) is 7.05 Å². The van der Waals surface area contributed by atoms with Crippen LogP contribution in [-0.2, 0) is 7.05 Å². The molecule has 1 aromatic heterocycles. The molecule has 0 spiro atoms. The molecule has 17 heavy (non-hydrogen) atoms. The lowest BCUT2D eigenvalue weighted by molar-refractivity contribution is 0.0830. The molecule has 2 aromatic rings. The van der Waals surface area contributed by atoms with E-state index >= 15 is 0 Å². The predicted molar refractivity (Wildman–Crippen MR) is 60.2 cm³/mol. The van der Waals surface area contributed by atoms with Gasteiger partial charge in [0, 0.05) is 7.05 Å². The molecule has 0 bridgehead atoms. The zero-order valence-electron chi connectivity index (χ0n) is 9.33. The molecule has 0 saturated carbocycles. The van der Waals surface area contributed by atoms with Gasteiger partial charge >= 0.3 is 0 Å². The first kappa shape index (κ1) is 10.0. The highest BCUT2D eigenvalue weighted by Crippen LogP contribution is 2.35. The van der Waals surface area contributed by atoms with Gasteiger partial charge in [0.1, 0.15) is 6.61 Å². The van der Waals surface area contributed by atoms with Gasteiger partial charge in [-0.2, -0.15) is 4.98 Å². The minimum atomic E-state index is -0.296. The summed E-state index contributed by atoms with van der Waals surface area (Å²) in [5, 5.41) is 9.33. The van der Waals surface area contributed by atoms with Crippen molar-refractivity contribution in [3.63, 3.8) is 0 Å². The Morgan fingerprint density at radius 3 is 2.82 bits per heavy atom. The molecule has 1 N–H and O–H groups in total. The van der Waals surface area contributed by atoms with Crippen LogP contribution in [0.15, 0.2) is 30.5 Å². The molecule has 1 aromatic carbocycles. The number of fused-ring (bicyclic) bond motifs is 1. The summed E-state index contributed by atoms with van der Waals surface area (Å²) in [6.45, 7) is 0.390. The number of rotatable bonds is 1. The van der Waals surface area contributed by atoms with Crippen LogP contribution in [0.2, 0.25) is 0 Å². The summed E-state index contributed by atoms with van der Waals surface area (Å²) in [4.78, 5) is 4.02. The molecular formula is C12H12N2O3.